The molecule has 1 N–H and O–H groups in total. The van der Waals surface area contributed by atoms with Gasteiger partial charge in [-0.3, -0.25) is 0 Å². The smallest absolute Gasteiger partial charge is 0.117 e. The number of benzene rings is 1. The number of hydrogen-bond acceptors (Lipinski definition) is 4. The fraction of sp³-hybridized carbons (Fsp3) is 0.579. The summed E-state index contributed by atoms with van der Waals surface area (Å²) in [5.41, 5.74) is 3.14. The summed E-state index contributed by atoms with van der Waals surface area (Å²) in [5, 5.41) is 12.9. The highest BCUT2D eigenvalue weighted by atomic mass is 15.5. The lowest BCUT2D eigenvalue weighted by Crippen LogP contribution is -2.27. The van der Waals surface area contributed by atoms with Crippen LogP contribution in [-0.4, -0.2) is 46.1 Å². The average Bonchev–Trinajstić information content (AvgIpc) is 3.03. The highest BCUT2D eigenvalue weighted by Gasteiger charge is 2.14. The van der Waals surface area contributed by atoms with Crippen molar-refractivity contribution < 1.29 is 0 Å². The van der Waals surface area contributed by atoms with Crippen LogP contribution >= 0.6 is 0 Å². The molecule has 2 aromatic rings. The summed E-state index contributed by atoms with van der Waals surface area (Å²) in [6.45, 7) is 13.8. The van der Waals surface area contributed by atoms with E-state index in [0.29, 0.717) is 0 Å². The fourth-order valence-electron chi connectivity index (χ4n) is 2.70. The summed E-state index contributed by atoms with van der Waals surface area (Å²) in [6.07, 6.45) is 1.15. The Balaban J connectivity index is 1.96. The van der Waals surface area contributed by atoms with Crippen molar-refractivity contribution in [1.29, 1.82) is 0 Å². The van der Waals surface area contributed by atoms with Crippen molar-refractivity contribution in [2.75, 3.05) is 26.2 Å². The molecule has 0 saturated heterocycles. The van der Waals surface area contributed by atoms with Crippen LogP contribution in [0.3, 0.4) is 0 Å². The maximum absolute atomic E-state index is 4.69. The van der Waals surface area contributed by atoms with Gasteiger partial charge in [-0.2, -0.15) is 15.0 Å². The minimum absolute atomic E-state index is 0.267. The minimum atomic E-state index is 0.267. The first-order valence-corrected chi connectivity index (χ1v) is 9.09. The number of nitrogens with one attached hydrogen (secondary N) is 1. The Morgan fingerprint density at radius 2 is 1.79 bits per heavy atom. The molecule has 0 bridgehead atoms. The Morgan fingerprint density at radius 1 is 1.08 bits per heavy atom. The van der Waals surface area contributed by atoms with Gasteiger partial charge in [0, 0.05) is 12.1 Å². The molecule has 0 amide bonds. The molecule has 0 unspecified atom stereocenters. The zero-order chi connectivity index (χ0) is 17.4. The van der Waals surface area contributed by atoms with Crippen LogP contribution in [0.2, 0.25) is 0 Å². The second-order valence-electron chi connectivity index (χ2n) is 6.33. The molecule has 1 aromatic carbocycles. The molecule has 5 heteroatoms. The van der Waals surface area contributed by atoms with Crippen molar-refractivity contribution in [2.45, 2.75) is 46.7 Å². The Labute approximate surface area is 146 Å². The summed E-state index contributed by atoms with van der Waals surface area (Å²) in [6, 6.07) is 10.6. The monoisotopic (exact) mass is 329 g/mol. The van der Waals surface area contributed by atoms with Crippen LogP contribution < -0.4 is 5.32 Å². The number of rotatable bonds is 10. The molecule has 0 atom stereocenters. The van der Waals surface area contributed by atoms with Gasteiger partial charge < -0.3 is 10.2 Å². The second kappa shape index (κ2) is 9.55. The van der Waals surface area contributed by atoms with E-state index < -0.39 is 0 Å². The number of aromatic nitrogens is 3. The Hall–Kier alpha value is -1.72. The fourth-order valence-corrected chi connectivity index (χ4v) is 2.70. The molecule has 1 aromatic heterocycles. The molecule has 0 aliphatic rings. The summed E-state index contributed by atoms with van der Waals surface area (Å²) < 4.78 is 0. The van der Waals surface area contributed by atoms with E-state index in [9.17, 15) is 0 Å². The van der Waals surface area contributed by atoms with Crippen molar-refractivity contribution in [3.8, 4) is 11.3 Å². The van der Waals surface area contributed by atoms with Gasteiger partial charge in [-0.05, 0) is 46.4 Å². The van der Waals surface area contributed by atoms with Crippen molar-refractivity contribution in [1.82, 2.24) is 25.2 Å². The summed E-state index contributed by atoms with van der Waals surface area (Å²) in [4.78, 5) is 4.27. The molecule has 0 spiro atoms. The lowest BCUT2D eigenvalue weighted by molar-refractivity contribution is 0.298. The van der Waals surface area contributed by atoms with E-state index in [1.807, 2.05) is 23.0 Å². The van der Waals surface area contributed by atoms with Crippen LogP contribution in [0.25, 0.3) is 11.3 Å². The van der Waals surface area contributed by atoms with Gasteiger partial charge in [0.25, 0.3) is 0 Å². The third-order valence-electron chi connectivity index (χ3n) is 4.22. The highest BCUT2D eigenvalue weighted by Crippen LogP contribution is 2.21. The van der Waals surface area contributed by atoms with E-state index in [1.54, 1.807) is 0 Å². The van der Waals surface area contributed by atoms with Crippen LogP contribution in [0.4, 0.5) is 0 Å². The zero-order valence-corrected chi connectivity index (χ0v) is 15.5. The average molecular weight is 329 g/mol. The van der Waals surface area contributed by atoms with Crippen LogP contribution in [0.15, 0.2) is 30.3 Å². The SMILES string of the molecule is CCN(CC)CCCNCc1nn(C(C)C)nc1-c1ccccc1. The molecule has 132 valence electrons. The molecule has 5 nitrogen and oxygen atoms in total. The van der Waals surface area contributed by atoms with Crippen LogP contribution in [0, 0.1) is 0 Å². The van der Waals surface area contributed by atoms with Gasteiger partial charge in [0.2, 0.25) is 0 Å². The second-order valence-corrected chi connectivity index (χ2v) is 6.33. The van der Waals surface area contributed by atoms with Gasteiger partial charge in [-0.25, -0.2) is 0 Å². The van der Waals surface area contributed by atoms with Crippen molar-refractivity contribution in [3.05, 3.63) is 36.0 Å². The molecule has 0 saturated carbocycles. The number of nitrogens with zero attached hydrogens (tertiary/aromatic N) is 4. The normalized spacial score (nSPS) is 11.6. The van der Waals surface area contributed by atoms with Gasteiger partial charge in [0.05, 0.1) is 6.04 Å². The highest BCUT2D eigenvalue weighted by molar-refractivity contribution is 5.60. The zero-order valence-electron chi connectivity index (χ0n) is 15.5. The first kappa shape index (κ1) is 18.6. The van der Waals surface area contributed by atoms with Crippen LogP contribution in [0.1, 0.15) is 45.9 Å². The first-order valence-electron chi connectivity index (χ1n) is 9.09. The van der Waals surface area contributed by atoms with Gasteiger partial charge in [-0.15, -0.1) is 0 Å². The van der Waals surface area contributed by atoms with Gasteiger partial charge in [0.15, 0.2) is 0 Å². The third kappa shape index (κ3) is 5.14. The van der Waals surface area contributed by atoms with Crippen LogP contribution in [0.5, 0.6) is 0 Å². The summed E-state index contributed by atoms with van der Waals surface area (Å²) in [5.74, 6) is 0. The van der Waals surface area contributed by atoms with Gasteiger partial charge in [0.1, 0.15) is 11.4 Å². The Kier molecular flexibility index (Phi) is 7.40. The van der Waals surface area contributed by atoms with Crippen molar-refractivity contribution in [2.24, 2.45) is 0 Å². The third-order valence-corrected chi connectivity index (χ3v) is 4.22. The molecule has 1 heterocycles. The van der Waals surface area contributed by atoms with E-state index in [2.05, 4.69) is 55.1 Å². The maximum Gasteiger partial charge on any atom is 0.117 e. The molecule has 0 aliphatic heterocycles. The standard InChI is InChI=1S/C19H31N5/c1-5-23(6-2)14-10-13-20-15-18-19(17-11-8-7-9-12-17)22-24(21-18)16(3)4/h7-9,11-12,16,20H,5-6,10,13-15H2,1-4H3. The molecule has 24 heavy (non-hydrogen) atoms. The van der Waals surface area contributed by atoms with E-state index >= 15 is 0 Å². The van der Waals surface area contributed by atoms with Gasteiger partial charge in [-0.1, -0.05) is 44.2 Å². The largest absolute Gasteiger partial charge is 0.311 e. The first-order chi connectivity index (χ1) is 11.7. The Bertz CT molecular complexity index is 587. The molecule has 0 radical (unpaired) electrons. The summed E-state index contributed by atoms with van der Waals surface area (Å²) in [7, 11) is 0. The molecular weight excluding hydrogens is 298 g/mol. The molecular formula is C19H31N5. The van der Waals surface area contributed by atoms with Crippen molar-refractivity contribution in [3.63, 3.8) is 0 Å². The minimum Gasteiger partial charge on any atom is -0.311 e. The predicted molar refractivity (Wildman–Crippen MR) is 100.0 cm³/mol. The lowest BCUT2D eigenvalue weighted by atomic mass is 10.1. The topological polar surface area (TPSA) is 46.0 Å². The number of hydrogen-bond donors (Lipinski definition) is 1. The van der Waals surface area contributed by atoms with Crippen molar-refractivity contribution >= 4 is 0 Å². The Morgan fingerprint density at radius 3 is 2.42 bits per heavy atom. The van der Waals surface area contributed by atoms with E-state index in [0.717, 1.165) is 56.1 Å². The predicted octanol–water partition coefficient (Wildman–Crippen LogP) is 3.35. The molecule has 2 rings (SSSR count). The summed E-state index contributed by atoms with van der Waals surface area (Å²) >= 11 is 0. The molecule has 0 fully saturated rings. The van der Waals surface area contributed by atoms with Crippen LogP contribution in [-0.2, 0) is 6.54 Å². The quantitative estimate of drug-likeness (QED) is 0.679. The van der Waals surface area contributed by atoms with E-state index in [1.165, 1.54) is 0 Å². The van der Waals surface area contributed by atoms with E-state index in [4.69, 9.17) is 5.10 Å². The van der Waals surface area contributed by atoms with E-state index in [-0.39, 0.29) is 6.04 Å². The molecule has 0 aliphatic carbocycles. The van der Waals surface area contributed by atoms with Gasteiger partial charge >= 0.3 is 0 Å². The maximum atomic E-state index is 4.69. The lowest BCUT2D eigenvalue weighted by Gasteiger charge is -2.17.